The number of nitrogens with zero attached hydrogens (tertiary/aromatic N) is 4. The summed E-state index contributed by atoms with van der Waals surface area (Å²) >= 11 is 0. The van der Waals surface area contributed by atoms with Crippen LogP contribution in [0.2, 0.25) is 0 Å². The van der Waals surface area contributed by atoms with Gasteiger partial charge in [-0.3, -0.25) is 15.0 Å². The molecule has 2 N–H and O–H groups in total. The zero-order valence-corrected chi connectivity index (χ0v) is 21.9. The van der Waals surface area contributed by atoms with E-state index in [0.717, 1.165) is 57.4 Å². The lowest BCUT2D eigenvalue weighted by Crippen LogP contribution is -2.56. The Hall–Kier alpha value is -1.61. The number of likely N-dealkylation sites (tertiary alicyclic amines) is 2. The normalized spacial score (nSPS) is 21.7. The third-order valence-electron chi connectivity index (χ3n) is 6.85. The second-order valence-electron chi connectivity index (χ2n) is 9.02. The van der Waals surface area contributed by atoms with Gasteiger partial charge in [0.25, 0.3) is 0 Å². The van der Waals surface area contributed by atoms with Crippen molar-refractivity contribution in [3.8, 4) is 0 Å². The Morgan fingerprint density at radius 2 is 2.06 bits per heavy atom. The summed E-state index contributed by atoms with van der Waals surface area (Å²) in [6, 6.07) is 11.7. The molecular weight excluding hydrogens is 511 g/mol. The van der Waals surface area contributed by atoms with E-state index in [-0.39, 0.29) is 24.0 Å². The number of aliphatic imine (C=N–C) groups is 1. The molecule has 2 fully saturated rings. The molecule has 1 aromatic heterocycles. The highest BCUT2D eigenvalue weighted by Gasteiger charge is 2.36. The number of rotatable bonds is 7. The Morgan fingerprint density at radius 3 is 2.81 bits per heavy atom. The van der Waals surface area contributed by atoms with Gasteiger partial charge in [-0.2, -0.15) is 5.10 Å². The van der Waals surface area contributed by atoms with Gasteiger partial charge in [0.15, 0.2) is 5.96 Å². The van der Waals surface area contributed by atoms with Gasteiger partial charge < -0.3 is 10.2 Å². The van der Waals surface area contributed by atoms with Gasteiger partial charge in [0, 0.05) is 44.5 Å². The second kappa shape index (κ2) is 12.6. The van der Waals surface area contributed by atoms with E-state index >= 15 is 0 Å². The van der Waals surface area contributed by atoms with Gasteiger partial charge in [-0.15, -0.1) is 24.0 Å². The SMILES string of the molecule is CCNC(=NCCCc1cn[nH]c1C)N1CCC2C(CCCN2Cc2ccccc2)C1.I. The van der Waals surface area contributed by atoms with E-state index in [4.69, 9.17) is 4.99 Å². The molecule has 2 unspecified atom stereocenters. The van der Waals surface area contributed by atoms with E-state index in [2.05, 4.69) is 69.5 Å². The fourth-order valence-electron chi connectivity index (χ4n) is 5.22. The van der Waals surface area contributed by atoms with Crippen molar-refractivity contribution in [2.24, 2.45) is 10.9 Å². The van der Waals surface area contributed by atoms with Crippen molar-refractivity contribution < 1.29 is 0 Å². The molecule has 2 aliphatic rings. The summed E-state index contributed by atoms with van der Waals surface area (Å²) in [7, 11) is 0. The maximum absolute atomic E-state index is 4.98. The monoisotopic (exact) mass is 550 g/mol. The number of H-pyrrole nitrogens is 1. The largest absolute Gasteiger partial charge is 0.357 e. The smallest absolute Gasteiger partial charge is 0.193 e. The zero-order valence-electron chi connectivity index (χ0n) is 19.6. The molecule has 0 bridgehead atoms. The first-order chi connectivity index (χ1) is 15.2. The average Bonchev–Trinajstić information content (AvgIpc) is 3.21. The molecule has 0 spiro atoms. The summed E-state index contributed by atoms with van der Waals surface area (Å²) in [6.07, 6.45) is 7.91. The van der Waals surface area contributed by atoms with Crippen LogP contribution in [-0.2, 0) is 13.0 Å². The summed E-state index contributed by atoms with van der Waals surface area (Å²) in [4.78, 5) is 10.2. The molecule has 2 aliphatic heterocycles. The van der Waals surface area contributed by atoms with Crippen LogP contribution in [0.4, 0.5) is 0 Å². The zero-order chi connectivity index (χ0) is 21.5. The molecule has 0 radical (unpaired) electrons. The van der Waals surface area contributed by atoms with Crippen molar-refractivity contribution in [1.29, 1.82) is 0 Å². The van der Waals surface area contributed by atoms with Gasteiger partial charge >= 0.3 is 0 Å². The highest BCUT2D eigenvalue weighted by molar-refractivity contribution is 14.0. The first kappa shape index (κ1) is 25.0. The Kier molecular flexibility index (Phi) is 9.84. The molecule has 4 rings (SSSR count). The minimum atomic E-state index is 0. The van der Waals surface area contributed by atoms with Crippen molar-refractivity contribution in [2.45, 2.75) is 58.5 Å². The predicted molar refractivity (Wildman–Crippen MR) is 143 cm³/mol. The number of aromatic nitrogens is 2. The van der Waals surface area contributed by atoms with Crippen LogP contribution >= 0.6 is 24.0 Å². The van der Waals surface area contributed by atoms with Gasteiger partial charge in [-0.1, -0.05) is 30.3 Å². The van der Waals surface area contributed by atoms with Crippen LogP contribution in [-0.4, -0.2) is 64.7 Å². The number of fused-ring (bicyclic) bond motifs is 1. The third-order valence-corrected chi connectivity index (χ3v) is 6.85. The highest BCUT2D eigenvalue weighted by atomic mass is 127. The van der Waals surface area contributed by atoms with Crippen molar-refractivity contribution in [3.05, 3.63) is 53.3 Å². The second-order valence-corrected chi connectivity index (χ2v) is 9.02. The van der Waals surface area contributed by atoms with Crippen LogP contribution < -0.4 is 5.32 Å². The molecule has 0 amide bonds. The van der Waals surface area contributed by atoms with Crippen molar-refractivity contribution in [2.75, 3.05) is 32.7 Å². The standard InChI is InChI=1S/C25H38N6.HI/c1-3-26-25(27-14-7-11-22-17-28-29-20(22)2)31-16-13-24-23(19-31)12-8-15-30(24)18-21-9-5-4-6-10-21;/h4-6,9-10,17,23-24H,3,7-8,11-16,18-19H2,1-2H3,(H,26,27)(H,28,29);1H. The summed E-state index contributed by atoms with van der Waals surface area (Å²) in [5.41, 5.74) is 3.92. The van der Waals surface area contributed by atoms with E-state index in [9.17, 15) is 0 Å². The van der Waals surface area contributed by atoms with E-state index in [1.807, 2.05) is 6.20 Å². The number of aromatic amines is 1. The Morgan fingerprint density at radius 1 is 1.22 bits per heavy atom. The lowest BCUT2D eigenvalue weighted by Gasteiger charge is -2.48. The molecule has 6 nitrogen and oxygen atoms in total. The number of guanidine groups is 1. The molecule has 2 saturated heterocycles. The predicted octanol–water partition coefficient (Wildman–Crippen LogP) is 4.22. The molecule has 7 heteroatoms. The maximum atomic E-state index is 4.98. The first-order valence-electron chi connectivity index (χ1n) is 12.0. The summed E-state index contributed by atoms with van der Waals surface area (Å²) in [5.74, 6) is 1.84. The quantitative estimate of drug-likeness (QED) is 0.235. The fourth-order valence-corrected chi connectivity index (χ4v) is 5.22. The Bertz CT molecular complexity index is 836. The van der Waals surface area contributed by atoms with E-state index in [1.165, 1.54) is 42.6 Å². The molecular formula is C25H39IN6. The molecule has 32 heavy (non-hydrogen) atoms. The topological polar surface area (TPSA) is 59.6 Å². The average molecular weight is 551 g/mol. The lowest BCUT2D eigenvalue weighted by molar-refractivity contribution is 0.0372. The van der Waals surface area contributed by atoms with Gasteiger partial charge in [0.1, 0.15) is 0 Å². The molecule has 2 atom stereocenters. The number of hydrogen-bond acceptors (Lipinski definition) is 3. The summed E-state index contributed by atoms with van der Waals surface area (Å²) in [5, 5.41) is 10.7. The van der Waals surface area contributed by atoms with Crippen molar-refractivity contribution in [3.63, 3.8) is 0 Å². The van der Waals surface area contributed by atoms with E-state index in [1.54, 1.807) is 0 Å². The van der Waals surface area contributed by atoms with Gasteiger partial charge in [-0.25, -0.2) is 0 Å². The molecule has 176 valence electrons. The summed E-state index contributed by atoms with van der Waals surface area (Å²) < 4.78 is 0. The van der Waals surface area contributed by atoms with Crippen LogP contribution in [0.25, 0.3) is 0 Å². The first-order valence-corrected chi connectivity index (χ1v) is 12.0. The van der Waals surface area contributed by atoms with Gasteiger partial charge in [0.2, 0.25) is 0 Å². The minimum absolute atomic E-state index is 0. The van der Waals surface area contributed by atoms with Crippen LogP contribution in [0.5, 0.6) is 0 Å². The van der Waals surface area contributed by atoms with Crippen LogP contribution in [0.1, 0.15) is 49.4 Å². The molecule has 0 aliphatic carbocycles. The molecule has 0 saturated carbocycles. The number of hydrogen-bond donors (Lipinski definition) is 2. The van der Waals surface area contributed by atoms with Crippen molar-refractivity contribution in [1.82, 2.24) is 25.3 Å². The highest BCUT2D eigenvalue weighted by Crippen LogP contribution is 2.31. The molecule has 3 heterocycles. The molecule has 2 aromatic rings. The number of benzene rings is 1. The van der Waals surface area contributed by atoms with Crippen LogP contribution in [0.3, 0.4) is 0 Å². The number of piperidine rings is 2. The Balaban J connectivity index is 0.00000289. The maximum Gasteiger partial charge on any atom is 0.193 e. The fraction of sp³-hybridized carbons (Fsp3) is 0.600. The van der Waals surface area contributed by atoms with E-state index < -0.39 is 0 Å². The van der Waals surface area contributed by atoms with Crippen LogP contribution in [0.15, 0.2) is 41.5 Å². The Labute approximate surface area is 210 Å². The molecule has 1 aromatic carbocycles. The third kappa shape index (κ3) is 6.47. The number of aryl methyl sites for hydroxylation is 2. The number of nitrogens with one attached hydrogen (secondary N) is 2. The summed E-state index contributed by atoms with van der Waals surface area (Å²) in [6.45, 7) is 10.6. The number of halogens is 1. The van der Waals surface area contributed by atoms with Crippen LogP contribution in [0, 0.1) is 12.8 Å². The van der Waals surface area contributed by atoms with Crippen molar-refractivity contribution >= 4 is 29.9 Å². The minimum Gasteiger partial charge on any atom is -0.357 e. The van der Waals surface area contributed by atoms with Gasteiger partial charge in [-0.05, 0) is 69.5 Å². The lowest BCUT2D eigenvalue weighted by atomic mass is 9.83. The van der Waals surface area contributed by atoms with E-state index in [0.29, 0.717) is 6.04 Å². The van der Waals surface area contributed by atoms with Gasteiger partial charge in [0.05, 0.1) is 6.20 Å².